The Kier molecular flexibility index (Phi) is 8.92. The number of aryl methyl sites for hydroxylation is 1. The smallest absolute Gasteiger partial charge is 0.271 e. The van der Waals surface area contributed by atoms with Gasteiger partial charge in [0.1, 0.15) is 5.82 Å². The maximum absolute atomic E-state index is 13.0. The number of nitrogens with zero attached hydrogens (tertiary/aromatic N) is 2. The summed E-state index contributed by atoms with van der Waals surface area (Å²) in [6, 6.07) is 32.1. The average molecular weight is 577 g/mol. The molecule has 0 aliphatic heterocycles. The SMILES string of the molecule is COc1cc(/C=N/NC(=O)c2ccc(-n3c(C)ccc3-c3ccccc3)cc2)ccc1OCC(=O)Nc1ccc(F)cc1. The zero-order valence-electron chi connectivity index (χ0n) is 23.6. The van der Waals surface area contributed by atoms with Crippen molar-refractivity contribution < 1.29 is 23.5 Å². The minimum Gasteiger partial charge on any atom is -0.493 e. The van der Waals surface area contributed by atoms with Gasteiger partial charge in [-0.15, -0.1) is 0 Å². The number of methoxy groups -OCH3 is 1. The molecule has 0 radical (unpaired) electrons. The van der Waals surface area contributed by atoms with Crippen molar-refractivity contribution in [3.05, 3.63) is 132 Å². The van der Waals surface area contributed by atoms with Gasteiger partial charge in [0, 0.05) is 22.6 Å². The molecular formula is C34H29FN4O4. The summed E-state index contributed by atoms with van der Waals surface area (Å²) in [5, 5.41) is 6.70. The number of anilines is 1. The molecule has 1 aromatic heterocycles. The number of hydrogen-bond acceptors (Lipinski definition) is 5. The molecule has 1 heterocycles. The lowest BCUT2D eigenvalue weighted by atomic mass is 10.1. The van der Waals surface area contributed by atoms with Crippen LogP contribution in [-0.2, 0) is 4.79 Å². The molecule has 0 spiro atoms. The van der Waals surface area contributed by atoms with Crippen LogP contribution in [0.4, 0.5) is 10.1 Å². The summed E-state index contributed by atoms with van der Waals surface area (Å²) in [6.45, 7) is 1.77. The Hall–Kier alpha value is -5.70. The van der Waals surface area contributed by atoms with E-state index in [1.807, 2.05) is 37.3 Å². The topological polar surface area (TPSA) is 93.9 Å². The third-order valence-corrected chi connectivity index (χ3v) is 6.59. The first-order valence-electron chi connectivity index (χ1n) is 13.4. The van der Waals surface area contributed by atoms with Crippen LogP contribution in [0, 0.1) is 12.7 Å². The number of hydrazone groups is 1. The van der Waals surface area contributed by atoms with Crippen LogP contribution in [0.5, 0.6) is 11.5 Å². The molecule has 9 heteroatoms. The van der Waals surface area contributed by atoms with Crippen LogP contribution in [0.15, 0.2) is 114 Å². The van der Waals surface area contributed by atoms with Gasteiger partial charge in [-0.1, -0.05) is 30.3 Å². The molecule has 0 aliphatic rings. The second-order valence-corrected chi connectivity index (χ2v) is 9.56. The van der Waals surface area contributed by atoms with Crippen LogP contribution < -0.4 is 20.2 Å². The minimum absolute atomic E-state index is 0.270. The number of ether oxygens (including phenoxy) is 2. The Balaban J connectivity index is 1.18. The van der Waals surface area contributed by atoms with Crippen molar-refractivity contribution in [1.29, 1.82) is 0 Å². The molecule has 0 aliphatic carbocycles. The van der Waals surface area contributed by atoms with E-state index in [9.17, 15) is 14.0 Å². The van der Waals surface area contributed by atoms with Crippen molar-refractivity contribution >= 4 is 23.7 Å². The van der Waals surface area contributed by atoms with Gasteiger partial charge in [0.05, 0.1) is 19.0 Å². The van der Waals surface area contributed by atoms with Gasteiger partial charge in [-0.3, -0.25) is 9.59 Å². The van der Waals surface area contributed by atoms with E-state index in [0.717, 1.165) is 22.6 Å². The van der Waals surface area contributed by atoms with Gasteiger partial charge >= 0.3 is 0 Å². The summed E-state index contributed by atoms with van der Waals surface area (Å²) in [6.07, 6.45) is 1.48. The Morgan fingerprint density at radius 1 is 0.884 bits per heavy atom. The number of carbonyl (C=O) groups is 2. The fourth-order valence-electron chi connectivity index (χ4n) is 4.46. The Bertz CT molecular complexity index is 1750. The van der Waals surface area contributed by atoms with Gasteiger partial charge in [-0.05, 0) is 96.9 Å². The summed E-state index contributed by atoms with van der Waals surface area (Å²) in [4.78, 5) is 24.9. The third-order valence-electron chi connectivity index (χ3n) is 6.59. The number of nitrogens with one attached hydrogen (secondary N) is 2. The monoisotopic (exact) mass is 576 g/mol. The van der Waals surface area contributed by atoms with Crippen molar-refractivity contribution in [3.8, 4) is 28.4 Å². The van der Waals surface area contributed by atoms with E-state index in [4.69, 9.17) is 9.47 Å². The second-order valence-electron chi connectivity index (χ2n) is 9.56. The number of rotatable bonds is 10. The molecule has 8 nitrogen and oxygen atoms in total. The lowest BCUT2D eigenvalue weighted by Gasteiger charge is -2.13. The maximum Gasteiger partial charge on any atom is 0.271 e. The van der Waals surface area contributed by atoms with Gasteiger partial charge in [-0.25, -0.2) is 9.82 Å². The number of carbonyl (C=O) groups excluding carboxylic acids is 2. The van der Waals surface area contributed by atoms with E-state index in [2.05, 4.69) is 44.7 Å². The van der Waals surface area contributed by atoms with Crippen molar-refractivity contribution in [2.24, 2.45) is 5.10 Å². The highest BCUT2D eigenvalue weighted by Crippen LogP contribution is 2.28. The fraction of sp³-hybridized carbons (Fsp3) is 0.0882. The lowest BCUT2D eigenvalue weighted by molar-refractivity contribution is -0.118. The van der Waals surface area contributed by atoms with Gasteiger partial charge in [0.15, 0.2) is 18.1 Å². The van der Waals surface area contributed by atoms with Crippen LogP contribution in [0.1, 0.15) is 21.6 Å². The van der Waals surface area contributed by atoms with Crippen LogP contribution in [0.3, 0.4) is 0 Å². The number of halogens is 1. The van der Waals surface area contributed by atoms with Gasteiger partial charge in [0.25, 0.3) is 11.8 Å². The number of hydrogen-bond donors (Lipinski definition) is 2. The van der Waals surface area contributed by atoms with Crippen molar-refractivity contribution in [2.45, 2.75) is 6.92 Å². The summed E-state index contributed by atoms with van der Waals surface area (Å²) < 4.78 is 26.2. The minimum atomic E-state index is -0.407. The van der Waals surface area contributed by atoms with Crippen molar-refractivity contribution in [2.75, 3.05) is 19.0 Å². The molecule has 5 aromatic rings. The first-order valence-corrected chi connectivity index (χ1v) is 13.4. The lowest BCUT2D eigenvalue weighted by Crippen LogP contribution is -2.20. The molecule has 0 atom stereocenters. The predicted molar refractivity (Wildman–Crippen MR) is 165 cm³/mol. The Morgan fingerprint density at radius 3 is 2.35 bits per heavy atom. The Morgan fingerprint density at radius 2 is 1.63 bits per heavy atom. The molecule has 0 saturated carbocycles. The molecule has 216 valence electrons. The van der Waals surface area contributed by atoms with Crippen LogP contribution in [0.2, 0.25) is 0 Å². The van der Waals surface area contributed by atoms with Gasteiger partial charge in [0.2, 0.25) is 0 Å². The summed E-state index contributed by atoms with van der Waals surface area (Å²) in [5.74, 6) is -0.413. The highest BCUT2D eigenvalue weighted by atomic mass is 19.1. The zero-order chi connectivity index (χ0) is 30.2. The first-order chi connectivity index (χ1) is 20.9. The maximum atomic E-state index is 13.0. The third kappa shape index (κ3) is 7.15. The molecular weight excluding hydrogens is 547 g/mol. The van der Waals surface area contributed by atoms with Crippen molar-refractivity contribution in [3.63, 3.8) is 0 Å². The first kappa shape index (κ1) is 28.8. The van der Waals surface area contributed by atoms with Crippen molar-refractivity contribution in [1.82, 2.24) is 9.99 Å². The van der Waals surface area contributed by atoms with Gasteiger partial charge in [-0.2, -0.15) is 5.10 Å². The molecule has 2 N–H and O–H groups in total. The van der Waals surface area contributed by atoms with E-state index in [1.165, 1.54) is 37.6 Å². The summed E-state index contributed by atoms with van der Waals surface area (Å²) >= 11 is 0. The molecule has 5 rings (SSSR count). The molecule has 0 unspecified atom stereocenters. The molecule has 0 fully saturated rings. The molecule has 2 amide bonds. The van der Waals surface area contributed by atoms with Crippen LogP contribution in [-0.4, -0.2) is 36.3 Å². The molecule has 0 bridgehead atoms. The quantitative estimate of drug-likeness (QED) is 0.149. The highest BCUT2D eigenvalue weighted by molar-refractivity contribution is 5.95. The van der Waals surface area contributed by atoms with Crippen LogP contribution >= 0.6 is 0 Å². The fourth-order valence-corrected chi connectivity index (χ4v) is 4.46. The molecule has 0 saturated heterocycles. The zero-order valence-corrected chi connectivity index (χ0v) is 23.6. The molecule has 43 heavy (non-hydrogen) atoms. The van der Waals surface area contributed by atoms with Crippen LogP contribution in [0.25, 0.3) is 16.9 Å². The molecule has 4 aromatic carbocycles. The van der Waals surface area contributed by atoms with E-state index < -0.39 is 11.7 Å². The Labute approximate surface area is 248 Å². The van der Waals surface area contributed by atoms with E-state index >= 15 is 0 Å². The number of benzene rings is 4. The second kappa shape index (κ2) is 13.3. The summed E-state index contributed by atoms with van der Waals surface area (Å²) in [7, 11) is 1.48. The standard InChI is InChI=1S/C34H29FN4O4/c1-23-8-18-30(25-6-4-3-5-7-25)39(23)29-16-10-26(11-17-29)34(41)38-36-21-24-9-19-31(32(20-24)42-2)43-22-33(40)37-28-14-12-27(35)13-15-28/h3-21H,22H2,1-2H3,(H,37,40)(H,38,41)/b36-21+. The number of amides is 2. The van der Waals surface area contributed by atoms with E-state index in [-0.39, 0.29) is 12.5 Å². The highest BCUT2D eigenvalue weighted by Gasteiger charge is 2.12. The van der Waals surface area contributed by atoms with E-state index in [0.29, 0.717) is 28.3 Å². The number of aromatic nitrogens is 1. The average Bonchev–Trinajstić information content (AvgIpc) is 3.43. The predicted octanol–water partition coefficient (Wildman–Crippen LogP) is 6.38. The normalized spacial score (nSPS) is 10.9. The largest absolute Gasteiger partial charge is 0.493 e. The van der Waals surface area contributed by atoms with Gasteiger partial charge < -0.3 is 19.4 Å². The summed E-state index contributed by atoms with van der Waals surface area (Å²) in [5.41, 5.74) is 8.32. The van der Waals surface area contributed by atoms with E-state index in [1.54, 1.807) is 30.3 Å².